The lowest BCUT2D eigenvalue weighted by Gasteiger charge is -2.10. The Kier molecular flexibility index (Phi) is 4.74. The summed E-state index contributed by atoms with van der Waals surface area (Å²) in [5, 5.41) is 19.5. The Bertz CT molecular complexity index is 1780. The molecule has 2 aromatic carbocycles. The number of rotatable bonds is 5. The highest BCUT2D eigenvalue weighted by Crippen LogP contribution is 2.36. The molecule has 0 aliphatic heterocycles. The molecule has 36 heavy (non-hydrogen) atoms. The number of nitrogens with two attached hydrogens (primary N) is 2. The predicted molar refractivity (Wildman–Crippen MR) is 133 cm³/mol. The van der Waals surface area contributed by atoms with E-state index in [4.69, 9.17) is 16.6 Å². The summed E-state index contributed by atoms with van der Waals surface area (Å²) in [5.74, 6) is -0.219. The number of aromatic nitrogens is 9. The van der Waals surface area contributed by atoms with Crippen molar-refractivity contribution in [3.8, 4) is 16.9 Å². The van der Waals surface area contributed by atoms with Crippen molar-refractivity contribution in [2.24, 2.45) is 12.8 Å². The number of carbonyl (C=O) groups excluding carboxylic acids is 1. The molecule has 1 amide bonds. The number of aryl methyl sites for hydroxylation is 1. The number of anilines is 1. The fourth-order valence-corrected chi connectivity index (χ4v) is 4.43. The molecule has 0 spiro atoms. The van der Waals surface area contributed by atoms with Gasteiger partial charge in [0.2, 0.25) is 0 Å². The number of carbonyl (C=O) groups is 1. The zero-order valence-electron chi connectivity index (χ0n) is 19.4. The third kappa shape index (κ3) is 3.19. The van der Waals surface area contributed by atoms with Crippen molar-refractivity contribution in [3.05, 3.63) is 72.4 Å². The number of fused-ring (bicyclic) bond motifs is 2. The minimum absolute atomic E-state index is 0.327. The quantitative estimate of drug-likeness (QED) is 0.380. The summed E-state index contributed by atoms with van der Waals surface area (Å²) in [5.41, 5.74) is 16.4. The van der Waals surface area contributed by atoms with Crippen LogP contribution in [0.1, 0.15) is 29.0 Å². The van der Waals surface area contributed by atoms with E-state index in [0.717, 1.165) is 16.5 Å². The second-order valence-corrected chi connectivity index (χ2v) is 8.40. The van der Waals surface area contributed by atoms with E-state index in [9.17, 15) is 4.79 Å². The Labute approximate surface area is 204 Å². The maximum atomic E-state index is 11.9. The molecule has 6 rings (SSSR count). The number of nitrogens with zero attached hydrogens (tertiary/aromatic N) is 9. The van der Waals surface area contributed by atoms with Crippen LogP contribution in [0.4, 0.5) is 5.82 Å². The van der Waals surface area contributed by atoms with Gasteiger partial charge >= 0.3 is 0 Å². The first-order chi connectivity index (χ1) is 17.4. The number of primary amides is 1. The summed E-state index contributed by atoms with van der Waals surface area (Å²) in [7, 11) is 1.89. The molecule has 4 N–H and O–H groups in total. The molecule has 4 aromatic heterocycles. The van der Waals surface area contributed by atoms with Crippen LogP contribution in [0, 0.1) is 0 Å². The summed E-state index contributed by atoms with van der Waals surface area (Å²) in [6.45, 7) is 1.94. The van der Waals surface area contributed by atoms with Gasteiger partial charge in [0.25, 0.3) is 5.91 Å². The van der Waals surface area contributed by atoms with Gasteiger partial charge in [-0.3, -0.25) is 9.48 Å². The van der Waals surface area contributed by atoms with Crippen molar-refractivity contribution < 1.29 is 4.79 Å². The number of hydrogen-bond acceptors (Lipinski definition) is 8. The average molecular weight is 480 g/mol. The number of para-hydroxylation sites is 1. The van der Waals surface area contributed by atoms with Crippen LogP contribution < -0.4 is 11.5 Å². The van der Waals surface area contributed by atoms with Crippen LogP contribution in [0.2, 0.25) is 0 Å². The molecule has 0 saturated heterocycles. The van der Waals surface area contributed by atoms with E-state index in [1.54, 1.807) is 41.3 Å². The Morgan fingerprint density at radius 3 is 2.75 bits per heavy atom. The Hall–Kier alpha value is -5.13. The molecule has 1 unspecified atom stereocenters. The SMILES string of the molecule is CC(c1cn(-c2ccccc2C(N)=O)nn1)n1nc(-c2cccc3c2cnn3C)c2c(N)ncnc21. The third-order valence-corrected chi connectivity index (χ3v) is 6.29. The van der Waals surface area contributed by atoms with Crippen LogP contribution in [0.25, 0.3) is 38.9 Å². The topological polar surface area (TPSA) is 161 Å². The number of benzene rings is 2. The minimum Gasteiger partial charge on any atom is -0.383 e. The molecular weight excluding hydrogens is 458 g/mol. The molecule has 0 radical (unpaired) electrons. The van der Waals surface area contributed by atoms with Crippen LogP contribution in [0.15, 0.2) is 61.2 Å². The molecule has 12 heteroatoms. The minimum atomic E-state index is -0.546. The van der Waals surface area contributed by atoms with Gasteiger partial charge in [0.15, 0.2) is 5.65 Å². The number of amides is 1. The largest absolute Gasteiger partial charge is 0.383 e. The lowest BCUT2D eigenvalue weighted by Crippen LogP contribution is -2.14. The van der Waals surface area contributed by atoms with Crippen molar-refractivity contribution in [1.82, 2.24) is 44.5 Å². The van der Waals surface area contributed by atoms with Gasteiger partial charge in [0, 0.05) is 18.0 Å². The molecule has 178 valence electrons. The van der Waals surface area contributed by atoms with E-state index in [0.29, 0.717) is 39.5 Å². The average Bonchev–Trinajstić information content (AvgIpc) is 3.62. The highest BCUT2D eigenvalue weighted by Gasteiger charge is 2.24. The lowest BCUT2D eigenvalue weighted by molar-refractivity contribution is 0.1000. The monoisotopic (exact) mass is 479 g/mol. The van der Waals surface area contributed by atoms with Crippen molar-refractivity contribution in [2.45, 2.75) is 13.0 Å². The maximum absolute atomic E-state index is 11.9. The first kappa shape index (κ1) is 21.4. The zero-order valence-corrected chi connectivity index (χ0v) is 19.4. The van der Waals surface area contributed by atoms with Gasteiger partial charge in [0.1, 0.15) is 23.5 Å². The first-order valence-electron chi connectivity index (χ1n) is 11.1. The van der Waals surface area contributed by atoms with Gasteiger partial charge in [-0.05, 0) is 25.1 Å². The summed E-state index contributed by atoms with van der Waals surface area (Å²) >= 11 is 0. The van der Waals surface area contributed by atoms with Crippen LogP contribution in [0.3, 0.4) is 0 Å². The highest BCUT2D eigenvalue weighted by molar-refractivity contribution is 6.05. The lowest BCUT2D eigenvalue weighted by atomic mass is 10.1. The van der Waals surface area contributed by atoms with Gasteiger partial charge in [-0.15, -0.1) is 5.10 Å². The third-order valence-electron chi connectivity index (χ3n) is 6.29. The van der Waals surface area contributed by atoms with E-state index in [-0.39, 0.29) is 6.04 Å². The van der Waals surface area contributed by atoms with E-state index in [1.807, 2.05) is 36.9 Å². The fourth-order valence-electron chi connectivity index (χ4n) is 4.43. The van der Waals surface area contributed by atoms with Crippen molar-refractivity contribution in [2.75, 3.05) is 5.73 Å². The van der Waals surface area contributed by atoms with E-state index in [1.165, 1.54) is 11.0 Å². The summed E-state index contributed by atoms with van der Waals surface area (Å²) in [6.07, 6.45) is 4.96. The molecular formula is C24H21N11O. The van der Waals surface area contributed by atoms with Crippen molar-refractivity contribution in [3.63, 3.8) is 0 Å². The van der Waals surface area contributed by atoms with E-state index >= 15 is 0 Å². The fraction of sp³-hybridized carbons (Fsp3) is 0.125. The summed E-state index contributed by atoms with van der Waals surface area (Å²) < 4.78 is 5.09. The Morgan fingerprint density at radius 2 is 1.92 bits per heavy atom. The van der Waals surface area contributed by atoms with E-state index in [2.05, 4.69) is 25.4 Å². The van der Waals surface area contributed by atoms with Gasteiger partial charge in [-0.25, -0.2) is 19.3 Å². The number of nitrogen functional groups attached to an aromatic ring is 1. The van der Waals surface area contributed by atoms with Crippen LogP contribution in [0.5, 0.6) is 0 Å². The van der Waals surface area contributed by atoms with Gasteiger partial charge in [-0.1, -0.05) is 29.5 Å². The van der Waals surface area contributed by atoms with Gasteiger partial charge in [0.05, 0.1) is 40.6 Å². The molecule has 0 aliphatic carbocycles. The van der Waals surface area contributed by atoms with E-state index < -0.39 is 5.91 Å². The highest BCUT2D eigenvalue weighted by atomic mass is 16.1. The second kappa shape index (κ2) is 7.98. The normalized spacial score (nSPS) is 12.4. The predicted octanol–water partition coefficient (Wildman–Crippen LogP) is 2.25. The molecule has 0 saturated carbocycles. The summed E-state index contributed by atoms with van der Waals surface area (Å²) in [4.78, 5) is 20.6. The van der Waals surface area contributed by atoms with Gasteiger partial charge in [-0.2, -0.15) is 10.2 Å². The standard InChI is InChI=1S/C24H21N11O/c1-13(17-11-34(32-30-17)19-8-4-3-6-15(19)23(26)36)35-24-20(22(25)27-12-28-24)21(31-35)14-7-5-9-18-16(14)10-29-33(18)2/h3-13H,1-2H3,(H2,26,36)(H2,25,27,28). The molecule has 4 heterocycles. The van der Waals surface area contributed by atoms with Crippen molar-refractivity contribution in [1.29, 1.82) is 0 Å². The molecule has 0 aliphatic rings. The smallest absolute Gasteiger partial charge is 0.250 e. The molecule has 0 bridgehead atoms. The molecule has 1 atom stereocenters. The maximum Gasteiger partial charge on any atom is 0.250 e. The summed E-state index contributed by atoms with van der Waals surface area (Å²) in [6, 6.07) is 12.5. The van der Waals surface area contributed by atoms with Crippen molar-refractivity contribution >= 4 is 33.7 Å². The number of hydrogen-bond donors (Lipinski definition) is 2. The van der Waals surface area contributed by atoms with Crippen LogP contribution in [-0.4, -0.2) is 50.4 Å². The second-order valence-electron chi connectivity index (χ2n) is 8.40. The van der Waals surface area contributed by atoms with Crippen LogP contribution >= 0.6 is 0 Å². The van der Waals surface area contributed by atoms with Gasteiger partial charge < -0.3 is 11.5 Å². The first-order valence-corrected chi connectivity index (χ1v) is 11.1. The molecule has 6 aromatic rings. The van der Waals surface area contributed by atoms with Crippen LogP contribution in [-0.2, 0) is 7.05 Å². The molecule has 12 nitrogen and oxygen atoms in total. The Morgan fingerprint density at radius 1 is 1.08 bits per heavy atom. The molecule has 0 fully saturated rings. The zero-order chi connectivity index (χ0) is 25.0. The Balaban J connectivity index is 1.50.